The summed E-state index contributed by atoms with van der Waals surface area (Å²) in [7, 11) is 4.29. The zero-order valence-electron chi connectivity index (χ0n) is 12.1. The van der Waals surface area contributed by atoms with Crippen LogP contribution in [0.4, 0.5) is 5.69 Å². The highest BCUT2D eigenvalue weighted by Crippen LogP contribution is 2.26. The van der Waals surface area contributed by atoms with E-state index in [1.54, 1.807) is 0 Å². The molecule has 0 spiro atoms. The van der Waals surface area contributed by atoms with Crippen LogP contribution < -0.4 is 10.6 Å². The number of anilines is 1. The summed E-state index contributed by atoms with van der Waals surface area (Å²) in [5, 5.41) is 7.73. The van der Waals surface area contributed by atoms with Crippen molar-refractivity contribution in [3.8, 4) is 0 Å². The quantitative estimate of drug-likeness (QED) is 0.641. The lowest BCUT2D eigenvalue weighted by atomic mass is 10.1. The first kappa shape index (κ1) is 13.9. The van der Waals surface area contributed by atoms with Gasteiger partial charge in [-0.15, -0.1) is 0 Å². The molecule has 1 saturated heterocycles. The maximum atomic E-state index is 7.73. The summed E-state index contributed by atoms with van der Waals surface area (Å²) in [6.07, 6.45) is 2.53. The Bertz CT molecular complexity index is 469. The van der Waals surface area contributed by atoms with Crippen molar-refractivity contribution in [3.05, 3.63) is 29.3 Å². The number of hydrogen-bond acceptors (Lipinski definition) is 3. The lowest BCUT2D eigenvalue weighted by Gasteiger charge is -2.29. The van der Waals surface area contributed by atoms with E-state index >= 15 is 0 Å². The number of aryl methyl sites for hydroxylation is 1. The summed E-state index contributed by atoms with van der Waals surface area (Å²) in [4.78, 5) is 4.67. The number of nitrogens with one attached hydrogen (secondary N) is 1. The molecule has 0 bridgehead atoms. The smallest absolute Gasteiger partial charge is 0.124 e. The van der Waals surface area contributed by atoms with Crippen LogP contribution >= 0.6 is 0 Å². The maximum Gasteiger partial charge on any atom is 0.124 e. The number of nitrogen functional groups attached to an aromatic ring is 1. The van der Waals surface area contributed by atoms with E-state index < -0.39 is 0 Å². The topological polar surface area (TPSA) is 56.4 Å². The van der Waals surface area contributed by atoms with Crippen LogP contribution in [0, 0.1) is 12.3 Å². The van der Waals surface area contributed by atoms with Gasteiger partial charge in [0.2, 0.25) is 0 Å². The molecule has 0 saturated carbocycles. The average molecular weight is 260 g/mol. The van der Waals surface area contributed by atoms with Crippen molar-refractivity contribution in [1.82, 2.24) is 4.90 Å². The van der Waals surface area contributed by atoms with E-state index in [2.05, 4.69) is 36.9 Å². The molecule has 1 fully saturated rings. The molecular formula is C15H24N4. The van der Waals surface area contributed by atoms with Crippen LogP contribution in [0.2, 0.25) is 0 Å². The highest BCUT2D eigenvalue weighted by molar-refractivity contribution is 6.01. The van der Waals surface area contributed by atoms with E-state index in [0.29, 0.717) is 6.04 Å². The molecule has 3 N–H and O–H groups in total. The molecular weight excluding hydrogens is 236 g/mol. The summed E-state index contributed by atoms with van der Waals surface area (Å²) in [6.45, 7) is 4.25. The molecule has 0 aromatic heterocycles. The first-order chi connectivity index (χ1) is 9.00. The average Bonchev–Trinajstić information content (AvgIpc) is 2.74. The Morgan fingerprint density at radius 3 is 2.84 bits per heavy atom. The third-order valence-corrected chi connectivity index (χ3v) is 4.07. The number of likely N-dealkylation sites (N-methyl/N-ethyl adjacent to an activating group) is 2. The van der Waals surface area contributed by atoms with E-state index in [0.717, 1.165) is 17.8 Å². The number of amidine groups is 1. The zero-order chi connectivity index (χ0) is 14.0. The van der Waals surface area contributed by atoms with Gasteiger partial charge in [0.1, 0.15) is 5.84 Å². The van der Waals surface area contributed by atoms with Crippen LogP contribution in [-0.2, 0) is 0 Å². The number of benzene rings is 1. The van der Waals surface area contributed by atoms with Gasteiger partial charge in [0.15, 0.2) is 0 Å². The molecule has 0 radical (unpaired) electrons. The predicted molar refractivity (Wildman–Crippen MR) is 81.1 cm³/mol. The second-order valence-electron chi connectivity index (χ2n) is 5.54. The van der Waals surface area contributed by atoms with Crippen molar-refractivity contribution in [2.75, 3.05) is 32.1 Å². The minimum absolute atomic E-state index is 0.144. The minimum Gasteiger partial charge on any atom is -0.384 e. The van der Waals surface area contributed by atoms with Crippen LogP contribution in [0.3, 0.4) is 0 Å². The van der Waals surface area contributed by atoms with Crippen LogP contribution in [-0.4, -0.2) is 44.0 Å². The molecule has 1 atom stereocenters. The van der Waals surface area contributed by atoms with Crippen molar-refractivity contribution in [1.29, 1.82) is 5.41 Å². The van der Waals surface area contributed by atoms with Crippen molar-refractivity contribution in [3.63, 3.8) is 0 Å². The number of likely N-dealkylation sites (tertiary alicyclic amines) is 1. The summed E-state index contributed by atoms with van der Waals surface area (Å²) in [6, 6.07) is 6.57. The fourth-order valence-electron chi connectivity index (χ4n) is 3.00. The van der Waals surface area contributed by atoms with Crippen LogP contribution in [0.25, 0.3) is 0 Å². The van der Waals surface area contributed by atoms with E-state index in [1.165, 1.54) is 24.9 Å². The second kappa shape index (κ2) is 5.61. The molecule has 1 aromatic rings. The van der Waals surface area contributed by atoms with Gasteiger partial charge in [0.25, 0.3) is 0 Å². The molecule has 2 rings (SSSR count). The monoisotopic (exact) mass is 260 g/mol. The first-order valence-electron chi connectivity index (χ1n) is 6.86. The van der Waals surface area contributed by atoms with Gasteiger partial charge in [-0.1, -0.05) is 12.1 Å². The summed E-state index contributed by atoms with van der Waals surface area (Å²) in [5.74, 6) is 0.144. The lowest BCUT2D eigenvalue weighted by Crippen LogP contribution is -2.37. The summed E-state index contributed by atoms with van der Waals surface area (Å²) >= 11 is 0. The molecule has 19 heavy (non-hydrogen) atoms. The standard InChI is InChI=1S/C15H24N4/c1-11-6-4-8-13(15(16)17)14(11)19(3)10-12-7-5-9-18(12)2/h4,6,8,12H,5,7,9-10H2,1-3H3,(H3,16,17). The normalized spacial score (nSPS) is 19.6. The van der Waals surface area contributed by atoms with Gasteiger partial charge in [-0.3, -0.25) is 5.41 Å². The van der Waals surface area contributed by atoms with E-state index in [1.807, 2.05) is 12.1 Å². The molecule has 1 unspecified atom stereocenters. The van der Waals surface area contributed by atoms with Gasteiger partial charge in [0, 0.05) is 25.2 Å². The van der Waals surface area contributed by atoms with Crippen LogP contribution in [0.15, 0.2) is 18.2 Å². The number of nitrogens with zero attached hydrogens (tertiary/aromatic N) is 2. The Labute approximate surface area is 115 Å². The van der Waals surface area contributed by atoms with E-state index in [4.69, 9.17) is 11.1 Å². The van der Waals surface area contributed by atoms with Crippen molar-refractivity contribution in [2.45, 2.75) is 25.8 Å². The molecule has 4 heteroatoms. The third kappa shape index (κ3) is 2.89. The summed E-state index contributed by atoms with van der Waals surface area (Å²) < 4.78 is 0. The zero-order valence-corrected chi connectivity index (χ0v) is 12.1. The number of rotatable bonds is 4. The van der Waals surface area contributed by atoms with Crippen molar-refractivity contribution in [2.24, 2.45) is 5.73 Å². The Morgan fingerprint density at radius 2 is 2.26 bits per heavy atom. The number of nitrogens with two attached hydrogens (primary N) is 1. The Hall–Kier alpha value is -1.55. The lowest BCUT2D eigenvalue weighted by molar-refractivity contribution is 0.314. The van der Waals surface area contributed by atoms with Crippen LogP contribution in [0.1, 0.15) is 24.0 Å². The maximum absolute atomic E-state index is 7.73. The van der Waals surface area contributed by atoms with Gasteiger partial charge >= 0.3 is 0 Å². The van der Waals surface area contributed by atoms with Crippen LogP contribution in [0.5, 0.6) is 0 Å². The predicted octanol–water partition coefficient (Wildman–Crippen LogP) is 1.81. The number of hydrogen-bond donors (Lipinski definition) is 2. The Balaban J connectivity index is 2.23. The molecule has 4 nitrogen and oxygen atoms in total. The van der Waals surface area contributed by atoms with Gasteiger partial charge in [-0.05, 0) is 45.0 Å². The Kier molecular flexibility index (Phi) is 4.10. The van der Waals surface area contributed by atoms with Gasteiger partial charge in [-0.2, -0.15) is 0 Å². The fraction of sp³-hybridized carbons (Fsp3) is 0.533. The first-order valence-corrected chi connectivity index (χ1v) is 6.86. The van der Waals surface area contributed by atoms with E-state index in [-0.39, 0.29) is 5.84 Å². The molecule has 1 heterocycles. The summed E-state index contributed by atoms with van der Waals surface area (Å²) in [5.41, 5.74) is 8.81. The van der Waals surface area contributed by atoms with Crippen molar-refractivity contribution < 1.29 is 0 Å². The third-order valence-electron chi connectivity index (χ3n) is 4.07. The minimum atomic E-state index is 0.144. The molecule has 104 valence electrons. The van der Waals surface area contributed by atoms with E-state index in [9.17, 15) is 0 Å². The molecule has 0 aliphatic carbocycles. The molecule has 1 aliphatic rings. The fourth-order valence-corrected chi connectivity index (χ4v) is 3.00. The van der Waals surface area contributed by atoms with Gasteiger partial charge in [0.05, 0.1) is 5.69 Å². The van der Waals surface area contributed by atoms with Gasteiger partial charge in [-0.25, -0.2) is 0 Å². The Morgan fingerprint density at radius 1 is 1.53 bits per heavy atom. The highest BCUT2D eigenvalue weighted by atomic mass is 15.2. The largest absolute Gasteiger partial charge is 0.384 e. The highest BCUT2D eigenvalue weighted by Gasteiger charge is 2.23. The SMILES string of the molecule is Cc1cccc(C(=N)N)c1N(C)CC1CCCN1C. The van der Waals surface area contributed by atoms with Crippen molar-refractivity contribution >= 4 is 11.5 Å². The number of para-hydroxylation sites is 1. The van der Waals surface area contributed by atoms with Gasteiger partial charge < -0.3 is 15.5 Å². The molecule has 0 amide bonds. The molecule has 1 aliphatic heterocycles. The molecule has 1 aromatic carbocycles. The second-order valence-corrected chi connectivity index (χ2v) is 5.54.